The fourth-order valence-electron chi connectivity index (χ4n) is 0.451. The highest BCUT2D eigenvalue weighted by atomic mass is 35.5. The van der Waals surface area contributed by atoms with Gasteiger partial charge < -0.3 is 4.74 Å². The van der Waals surface area contributed by atoms with Crippen molar-refractivity contribution in [3.8, 4) is 0 Å². The van der Waals surface area contributed by atoms with Crippen LogP contribution in [-0.2, 0) is 9.53 Å². The highest BCUT2D eigenvalue weighted by Crippen LogP contribution is 2.26. The van der Waals surface area contributed by atoms with Gasteiger partial charge in [-0.05, 0) is 6.07 Å². The van der Waals surface area contributed by atoms with E-state index in [1.807, 2.05) is 0 Å². The Bertz CT molecular complexity index is 309. The SMILES string of the molecule is COC(=O)CF.Clc1ccnc(Cl)c1Cl. The van der Waals surface area contributed by atoms with Crippen LogP contribution in [0.4, 0.5) is 4.39 Å². The molecule has 0 unspecified atom stereocenters. The molecule has 3 nitrogen and oxygen atoms in total. The Labute approximate surface area is 101 Å². The first-order valence-electron chi connectivity index (χ1n) is 3.61. The molecule has 0 spiro atoms. The molecule has 0 aliphatic carbocycles. The van der Waals surface area contributed by atoms with E-state index in [9.17, 15) is 9.18 Å². The molecule has 0 aliphatic rings. The van der Waals surface area contributed by atoms with Crippen LogP contribution < -0.4 is 0 Å². The van der Waals surface area contributed by atoms with Crippen LogP contribution in [0.25, 0.3) is 0 Å². The van der Waals surface area contributed by atoms with Crippen LogP contribution in [0.2, 0.25) is 15.2 Å². The number of methoxy groups -OCH3 is 1. The maximum absolute atomic E-state index is 10.9. The van der Waals surface area contributed by atoms with Gasteiger partial charge in [-0.15, -0.1) is 0 Å². The van der Waals surface area contributed by atoms with Gasteiger partial charge in [-0.2, -0.15) is 0 Å². The zero-order chi connectivity index (χ0) is 11.8. The highest BCUT2D eigenvalue weighted by Gasteiger charge is 2.00. The Morgan fingerprint density at radius 3 is 2.40 bits per heavy atom. The van der Waals surface area contributed by atoms with Gasteiger partial charge in [0.2, 0.25) is 0 Å². The van der Waals surface area contributed by atoms with Gasteiger partial charge >= 0.3 is 5.97 Å². The van der Waals surface area contributed by atoms with Crippen LogP contribution in [0.15, 0.2) is 12.3 Å². The molecule has 0 radical (unpaired) electrons. The van der Waals surface area contributed by atoms with Gasteiger partial charge in [0.1, 0.15) is 5.15 Å². The number of pyridine rings is 1. The van der Waals surface area contributed by atoms with E-state index in [-0.39, 0.29) is 5.15 Å². The van der Waals surface area contributed by atoms with Gasteiger partial charge in [-0.25, -0.2) is 14.2 Å². The summed E-state index contributed by atoms with van der Waals surface area (Å²) in [5.74, 6) is -0.824. The van der Waals surface area contributed by atoms with E-state index >= 15 is 0 Å². The molecule has 1 heterocycles. The predicted octanol–water partition coefficient (Wildman–Crippen LogP) is 3.17. The zero-order valence-electron chi connectivity index (χ0n) is 7.64. The average molecular weight is 275 g/mol. The number of esters is 1. The number of hydrogen-bond acceptors (Lipinski definition) is 3. The Balaban J connectivity index is 0.000000288. The second kappa shape index (κ2) is 7.68. The summed E-state index contributed by atoms with van der Waals surface area (Å²) in [6, 6.07) is 1.58. The number of aromatic nitrogens is 1. The summed E-state index contributed by atoms with van der Waals surface area (Å²) in [6.45, 7) is -1.03. The molecule has 0 saturated heterocycles. The molecular formula is C8H7Cl3FNO2. The van der Waals surface area contributed by atoms with E-state index in [1.165, 1.54) is 6.20 Å². The summed E-state index contributed by atoms with van der Waals surface area (Å²) < 4.78 is 14.8. The lowest BCUT2D eigenvalue weighted by molar-refractivity contribution is -0.141. The molecule has 0 fully saturated rings. The van der Waals surface area contributed by atoms with Crippen LogP contribution >= 0.6 is 34.8 Å². The molecule has 84 valence electrons. The number of rotatable bonds is 1. The van der Waals surface area contributed by atoms with Gasteiger partial charge in [-0.3, -0.25) is 0 Å². The zero-order valence-corrected chi connectivity index (χ0v) is 9.91. The average Bonchev–Trinajstić information content (AvgIpc) is 2.25. The van der Waals surface area contributed by atoms with Crippen molar-refractivity contribution in [1.82, 2.24) is 4.98 Å². The molecule has 1 aromatic heterocycles. The summed E-state index contributed by atoms with van der Waals surface area (Å²) in [5.41, 5.74) is 0. The van der Waals surface area contributed by atoms with Crippen molar-refractivity contribution in [2.45, 2.75) is 0 Å². The van der Waals surface area contributed by atoms with Crippen LogP contribution in [0.3, 0.4) is 0 Å². The maximum atomic E-state index is 10.9. The first kappa shape index (κ1) is 14.4. The minimum absolute atomic E-state index is 0.240. The lowest BCUT2D eigenvalue weighted by Crippen LogP contribution is -2.00. The summed E-state index contributed by atoms with van der Waals surface area (Å²) >= 11 is 16.6. The molecule has 0 bridgehead atoms. The Morgan fingerprint density at radius 2 is 2.13 bits per heavy atom. The monoisotopic (exact) mass is 273 g/mol. The fraction of sp³-hybridized carbons (Fsp3) is 0.250. The number of alkyl halides is 1. The van der Waals surface area contributed by atoms with Gasteiger partial charge in [0.25, 0.3) is 0 Å². The summed E-state index contributed by atoms with van der Waals surface area (Å²) in [6.07, 6.45) is 1.50. The van der Waals surface area contributed by atoms with E-state index in [0.717, 1.165) is 7.11 Å². The molecule has 7 heteroatoms. The minimum atomic E-state index is -1.03. The van der Waals surface area contributed by atoms with Crippen molar-refractivity contribution < 1.29 is 13.9 Å². The first-order valence-corrected chi connectivity index (χ1v) is 4.74. The summed E-state index contributed by atoms with van der Waals surface area (Å²) in [4.78, 5) is 13.3. The molecule has 15 heavy (non-hydrogen) atoms. The second-order valence-electron chi connectivity index (χ2n) is 2.11. The van der Waals surface area contributed by atoms with Crippen molar-refractivity contribution in [1.29, 1.82) is 0 Å². The van der Waals surface area contributed by atoms with Crippen molar-refractivity contribution in [3.63, 3.8) is 0 Å². The molecule has 0 atom stereocenters. The molecule has 0 saturated carbocycles. The van der Waals surface area contributed by atoms with Gasteiger partial charge in [0.05, 0.1) is 17.2 Å². The van der Waals surface area contributed by atoms with E-state index in [2.05, 4.69) is 9.72 Å². The van der Waals surface area contributed by atoms with Gasteiger partial charge in [-0.1, -0.05) is 34.8 Å². The van der Waals surface area contributed by atoms with Crippen LogP contribution in [0.1, 0.15) is 0 Å². The van der Waals surface area contributed by atoms with Gasteiger partial charge in [0.15, 0.2) is 6.67 Å². The fourth-order valence-corrected chi connectivity index (χ4v) is 0.915. The molecule has 0 aromatic carbocycles. The molecule has 0 aliphatic heterocycles. The van der Waals surface area contributed by atoms with Gasteiger partial charge in [0, 0.05) is 6.20 Å². The molecular weight excluding hydrogens is 267 g/mol. The summed E-state index contributed by atoms with van der Waals surface area (Å²) in [5, 5.41) is 0.974. The van der Waals surface area contributed by atoms with Crippen molar-refractivity contribution in [2.75, 3.05) is 13.8 Å². The van der Waals surface area contributed by atoms with Crippen molar-refractivity contribution in [2.24, 2.45) is 0 Å². The Hall–Kier alpha value is -0.580. The lowest BCUT2D eigenvalue weighted by Gasteiger charge is -1.93. The van der Waals surface area contributed by atoms with Crippen molar-refractivity contribution in [3.05, 3.63) is 27.5 Å². The van der Waals surface area contributed by atoms with Crippen LogP contribution in [0, 0.1) is 0 Å². The quantitative estimate of drug-likeness (QED) is 0.583. The minimum Gasteiger partial charge on any atom is -0.467 e. The topological polar surface area (TPSA) is 39.2 Å². The largest absolute Gasteiger partial charge is 0.467 e. The third kappa shape index (κ3) is 5.77. The number of carbonyl (C=O) groups excluding carboxylic acids is 1. The number of carbonyl (C=O) groups is 1. The van der Waals surface area contributed by atoms with E-state index < -0.39 is 12.6 Å². The predicted molar refractivity (Wildman–Crippen MR) is 57.3 cm³/mol. The number of nitrogens with zero attached hydrogens (tertiary/aromatic N) is 1. The van der Waals surface area contributed by atoms with E-state index in [0.29, 0.717) is 10.0 Å². The van der Waals surface area contributed by atoms with E-state index in [1.54, 1.807) is 6.07 Å². The Morgan fingerprint density at radius 1 is 1.53 bits per heavy atom. The number of ether oxygens (including phenoxy) is 1. The second-order valence-corrected chi connectivity index (χ2v) is 3.25. The number of hydrogen-bond donors (Lipinski definition) is 0. The maximum Gasteiger partial charge on any atom is 0.337 e. The lowest BCUT2D eigenvalue weighted by atomic mass is 10.5. The van der Waals surface area contributed by atoms with Crippen molar-refractivity contribution >= 4 is 40.8 Å². The first-order chi connectivity index (χ1) is 7.02. The van der Waals surface area contributed by atoms with Crippen LogP contribution in [0.5, 0.6) is 0 Å². The third-order valence-corrected chi connectivity index (χ3v) is 2.31. The third-order valence-electron chi connectivity index (χ3n) is 1.14. The molecule has 1 rings (SSSR count). The molecule has 1 aromatic rings. The molecule has 0 N–H and O–H groups in total. The number of halogens is 4. The standard InChI is InChI=1S/C5H2Cl3N.C3H5FO2/c6-3-1-2-9-5(8)4(3)7;1-6-3(5)2-4/h1-2H;2H2,1H3. The van der Waals surface area contributed by atoms with E-state index in [4.69, 9.17) is 34.8 Å². The normalized spacial score (nSPS) is 8.87. The van der Waals surface area contributed by atoms with Crippen LogP contribution in [-0.4, -0.2) is 24.7 Å². The Kier molecular flexibility index (Phi) is 7.38. The smallest absolute Gasteiger partial charge is 0.337 e. The highest BCUT2D eigenvalue weighted by molar-refractivity contribution is 6.47. The summed E-state index contributed by atoms with van der Waals surface area (Å²) in [7, 11) is 1.14. The molecule has 0 amide bonds.